The van der Waals surface area contributed by atoms with Crippen LogP contribution in [0.3, 0.4) is 0 Å². The highest BCUT2D eigenvalue weighted by molar-refractivity contribution is 9.10. The van der Waals surface area contributed by atoms with Crippen LogP contribution in [0.1, 0.15) is 29.2 Å². The Morgan fingerprint density at radius 3 is 2.35 bits per heavy atom. The number of aryl methyl sites for hydroxylation is 1. The monoisotopic (exact) mass is 483 g/mol. The average molecular weight is 484 g/mol. The molecule has 4 nitrogen and oxygen atoms in total. The fraction of sp³-hybridized carbons (Fsp3) is 0.308. The Kier molecular flexibility index (Phi) is 8.80. The number of hydrogen-bond acceptors (Lipinski definition) is 4. The van der Waals surface area contributed by atoms with E-state index in [1.807, 2.05) is 37.3 Å². The van der Waals surface area contributed by atoms with Crippen molar-refractivity contribution in [2.45, 2.75) is 33.4 Å². The van der Waals surface area contributed by atoms with Gasteiger partial charge >= 0.3 is 0 Å². The molecule has 0 saturated heterocycles. The van der Waals surface area contributed by atoms with Crippen LogP contribution in [-0.4, -0.2) is 20.3 Å². The Bertz CT molecular complexity index is 973. The van der Waals surface area contributed by atoms with Gasteiger partial charge in [-0.05, 0) is 61.7 Å². The highest BCUT2D eigenvalue weighted by atomic mass is 79.9. The summed E-state index contributed by atoms with van der Waals surface area (Å²) in [5.41, 5.74) is 4.70. The molecule has 0 bridgehead atoms. The molecule has 0 spiro atoms. The van der Waals surface area contributed by atoms with Crippen LogP contribution in [0, 0.1) is 6.92 Å². The zero-order valence-electron chi connectivity index (χ0n) is 18.4. The molecular formula is C26H30BrNO3. The minimum Gasteiger partial charge on any atom is -0.496 e. The lowest BCUT2D eigenvalue weighted by atomic mass is 10.1. The van der Waals surface area contributed by atoms with Gasteiger partial charge in [0, 0.05) is 11.0 Å². The van der Waals surface area contributed by atoms with Crippen molar-refractivity contribution in [3.63, 3.8) is 0 Å². The first-order chi connectivity index (χ1) is 15.1. The van der Waals surface area contributed by atoms with Gasteiger partial charge in [-0.2, -0.15) is 0 Å². The third-order valence-electron chi connectivity index (χ3n) is 5.01. The molecule has 0 aliphatic rings. The molecule has 3 rings (SSSR count). The van der Waals surface area contributed by atoms with Gasteiger partial charge in [0.2, 0.25) is 0 Å². The van der Waals surface area contributed by atoms with E-state index in [0.29, 0.717) is 13.2 Å². The Balaban J connectivity index is 1.61. The Morgan fingerprint density at radius 2 is 1.61 bits per heavy atom. The first kappa shape index (κ1) is 23.2. The molecule has 0 unspecified atom stereocenters. The molecule has 0 amide bonds. The molecule has 5 heteroatoms. The van der Waals surface area contributed by atoms with E-state index in [0.717, 1.165) is 52.4 Å². The third kappa shape index (κ3) is 6.74. The van der Waals surface area contributed by atoms with Crippen molar-refractivity contribution in [3.05, 3.63) is 87.4 Å². The summed E-state index contributed by atoms with van der Waals surface area (Å²) < 4.78 is 18.4. The molecule has 3 aromatic carbocycles. The van der Waals surface area contributed by atoms with Gasteiger partial charge in [0.15, 0.2) is 11.5 Å². The van der Waals surface area contributed by atoms with Gasteiger partial charge in [-0.15, -0.1) is 0 Å². The minimum atomic E-state index is 0.503. The summed E-state index contributed by atoms with van der Waals surface area (Å²) in [5, 5.41) is 3.51. The van der Waals surface area contributed by atoms with E-state index in [9.17, 15) is 0 Å². The van der Waals surface area contributed by atoms with Crippen LogP contribution in [-0.2, 0) is 19.6 Å². The summed E-state index contributed by atoms with van der Waals surface area (Å²) in [6, 6.07) is 20.5. The average Bonchev–Trinajstić information content (AvgIpc) is 2.78. The van der Waals surface area contributed by atoms with Crippen LogP contribution < -0.4 is 19.5 Å². The molecule has 0 atom stereocenters. The number of para-hydroxylation sites is 1. The lowest BCUT2D eigenvalue weighted by molar-refractivity contribution is 0.269. The van der Waals surface area contributed by atoms with Gasteiger partial charge in [-0.1, -0.05) is 64.0 Å². The largest absolute Gasteiger partial charge is 0.496 e. The summed E-state index contributed by atoms with van der Waals surface area (Å²) >= 11 is 3.69. The quantitative estimate of drug-likeness (QED) is 0.335. The third-order valence-corrected chi connectivity index (χ3v) is 5.74. The lowest BCUT2D eigenvalue weighted by Gasteiger charge is -2.16. The van der Waals surface area contributed by atoms with E-state index in [1.165, 1.54) is 11.1 Å². The number of methoxy groups -OCH3 is 1. The molecule has 0 saturated carbocycles. The predicted octanol–water partition coefficient (Wildman–Crippen LogP) is 6.08. The highest BCUT2D eigenvalue weighted by Crippen LogP contribution is 2.34. The first-order valence-electron chi connectivity index (χ1n) is 10.6. The summed E-state index contributed by atoms with van der Waals surface area (Å²) in [7, 11) is 1.71. The number of ether oxygens (including phenoxy) is 3. The summed E-state index contributed by atoms with van der Waals surface area (Å²) in [4.78, 5) is 0. The van der Waals surface area contributed by atoms with E-state index in [-0.39, 0.29) is 0 Å². The number of halogens is 1. The topological polar surface area (TPSA) is 39.7 Å². The molecule has 0 fully saturated rings. The van der Waals surface area contributed by atoms with Crippen LogP contribution in [0.5, 0.6) is 17.2 Å². The van der Waals surface area contributed by atoms with Crippen molar-refractivity contribution in [2.75, 3.05) is 20.3 Å². The van der Waals surface area contributed by atoms with Gasteiger partial charge in [-0.3, -0.25) is 0 Å². The second-order valence-electron chi connectivity index (χ2n) is 7.34. The van der Waals surface area contributed by atoms with Crippen LogP contribution in [0.4, 0.5) is 0 Å². The van der Waals surface area contributed by atoms with Gasteiger partial charge in [-0.25, -0.2) is 0 Å². The SMILES string of the molecule is CCOc1cc(CNCCc2ccccc2OC)c(Br)cc1OCc1ccc(C)cc1. The Hall–Kier alpha value is -2.50. The molecule has 1 N–H and O–H groups in total. The number of benzene rings is 3. The van der Waals surface area contributed by atoms with E-state index >= 15 is 0 Å². The van der Waals surface area contributed by atoms with Gasteiger partial charge in [0.1, 0.15) is 12.4 Å². The minimum absolute atomic E-state index is 0.503. The van der Waals surface area contributed by atoms with Crippen molar-refractivity contribution in [1.82, 2.24) is 5.32 Å². The fourth-order valence-electron chi connectivity index (χ4n) is 3.29. The smallest absolute Gasteiger partial charge is 0.162 e. The normalized spacial score (nSPS) is 10.7. The maximum absolute atomic E-state index is 6.07. The number of hydrogen-bond donors (Lipinski definition) is 1. The van der Waals surface area contributed by atoms with E-state index in [2.05, 4.69) is 58.5 Å². The molecule has 0 heterocycles. The van der Waals surface area contributed by atoms with Gasteiger partial charge in [0.25, 0.3) is 0 Å². The molecule has 0 radical (unpaired) electrons. The van der Waals surface area contributed by atoms with Crippen molar-refractivity contribution >= 4 is 15.9 Å². The summed E-state index contributed by atoms with van der Waals surface area (Å²) in [5.74, 6) is 2.44. The molecule has 0 aromatic heterocycles. The lowest BCUT2D eigenvalue weighted by Crippen LogP contribution is -2.17. The predicted molar refractivity (Wildman–Crippen MR) is 129 cm³/mol. The van der Waals surface area contributed by atoms with Crippen molar-refractivity contribution in [3.8, 4) is 17.2 Å². The second kappa shape index (κ2) is 11.8. The zero-order valence-corrected chi connectivity index (χ0v) is 20.0. The zero-order chi connectivity index (χ0) is 22.1. The molecule has 0 aliphatic heterocycles. The molecule has 164 valence electrons. The molecule has 3 aromatic rings. The van der Waals surface area contributed by atoms with Crippen molar-refractivity contribution < 1.29 is 14.2 Å². The van der Waals surface area contributed by atoms with E-state index in [1.54, 1.807) is 7.11 Å². The molecular weight excluding hydrogens is 454 g/mol. The highest BCUT2D eigenvalue weighted by Gasteiger charge is 2.11. The summed E-state index contributed by atoms with van der Waals surface area (Å²) in [6.07, 6.45) is 0.900. The van der Waals surface area contributed by atoms with E-state index in [4.69, 9.17) is 14.2 Å². The van der Waals surface area contributed by atoms with E-state index < -0.39 is 0 Å². The summed E-state index contributed by atoms with van der Waals surface area (Å²) in [6.45, 7) is 6.73. The Labute approximate surface area is 193 Å². The van der Waals surface area contributed by atoms with Crippen molar-refractivity contribution in [1.29, 1.82) is 0 Å². The maximum atomic E-state index is 6.07. The maximum Gasteiger partial charge on any atom is 0.162 e. The van der Waals surface area contributed by atoms with Gasteiger partial charge in [0.05, 0.1) is 13.7 Å². The number of nitrogens with one attached hydrogen (secondary N) is 1. The van der Waals surface area contributed by atoms with Crippen LogP contribution >= 0.6 is 15.9 Å². The fourth-order valence-corrected chi connectivity index (χ4v) is 3.76. The molecule has 0 aliphatic carbocycles. The standard InChI is InChI=1S/C26H30BrNO3/c1-4-30-25-15-22(17-28-14-13-21-7-5-6-8-24(21)29-3)23(27)16-26(25)31-18-20-11-9-19(2)10-12-20/h5-12,15-16,28H,4,13-14,17-18H2,1-3H3. The first-order valence-corrected chi connectivity index (χ1v) is 11.4. The van der Waals surface area contributed by atoms with Crippen LogP contribution in [0.15, 0.2) is 65.1 Å². The molecule has 31 heavy (non-hydrogen) atoms. The van der Waals surface area contributed by atoms with Gasteiger partial charge < -0.3 is 19.5 Å². The Morgan fingerprint density at radius 1 is 0.871 bits per heavy atom. The second-order valence-corrected chi connectivity index (χ2v) is 8.19. The number of rotatable bonds is 11. The van der Waals surface area contributed by atoms with Crippen LogP contribution in [0.25, 0.3) is 0 Å². The van der Waals surface area contributed by atoms with Crippen molar-refractivity contribution in [2.24, 2.45) is 0 Å². The van der Waals surface area contributed by atoms with Crippen LogP contribution in [0.2, 0.25) is 0 Å².